The molecule has 3 aliphatic rings. The van der Waals surface area contributed by atoms with Crippen molar-refractivity contribution in [2.75, 3.05) is 38.8 Å². The second-order valence-electron chi connectivity index (χ2n) is 11.9. The summed E-state index contributed by atoms with van der Waals surface area (Å²) in [7, 11) is 3.33. The van der Waals surface area contributed by atoms with Gasteiger partial charge in [-0.25, -0.2) is 0 Å². The number of aliphatic hydroxyl groups excluding tert-OH is 1. The van der Waals surface area contributed by atoms with Crippen LogP contribution in [0.2, 0.25) is 0 Å². The number of amides is 3. The van der Waals surface area contributed by atoms with E-state index in [1.54, 1.807) is 64.9 Å². The van der Waals surface area contributed by atoms with Gasteiger partial charge in [-0.05, 0) is 56.4 Å². The number of hydrogen-bond donors (Lipinski definition) is 1. The highest BCUT2D eigenvalue weighted by Crippen LogP contribution is 2.72. The average Bonchev–Trinajstić information content (AvgIpc) is 3.50. The average molecular weight is 570 g/mol. The van der Waals surface area contributed by atoms with Crippen molar-refractivity contribution in [3.63, 3.8) is 0 Å². The summed E-state index contributed by atoms with van der Waals surface area (Å²) < 4.78 is 4.08. The summed E-state index contributed by atoms with van der Waals surface area (Å²) >= 11 is 1.64. The maximum absolute atomic E-state index is 14.7. The Kier molecular flexibility index (Phi) is 8.76. The number of likely N-dealkylation sites (N-methyl/N-ethyl adjacent to an activating group) is 1. The Morgan fingerprint density at radius 2 is 1.82 bits per heavy atom. The molecule has 0 radical (unpaired) electrons. The molecule has 9 heteroatoms. The van der Waals surface area contributed by atoms with Gasteiger partial charge < -0.3 is 24.5 Å². The third kappa shape index (κ3) is 4.85. The van der Waals surface area contributed by atoms with Crippen molar-refractivity contribution in [1.29, 1.82) is 0 Å². The minimum atomic E-state index is -0.822. The van der Waals surface area contributed by atoms with Gasteiger partial charge in [0, 0.05) is 30.6 Å². The molecule has 3 fully saturated rings. The Bertz CT molecular complexity index is 1160. The Morgan fingerprint density at radius 3 is 2.38 bits per heavy atom. The van der Waals surface area contributed by atoms with E-state index in [2.05, 4.69) is 20.1 Å². The van der Waals surface area contributed by atoms with Crippen LogP contribution in [-0.2, 0) is 14.4 Å². The van der Waals surface area contributed by atoms with E-state index in [1.165, 1.54) is 0 Å². The first-order chi connectivity index (χ1) is 19.0. The molecule has 40 heavy (non-hydrogen) atoms. The summed E-state index contributed by atoms with van der Waals surface area (Å²) in [5.74, 6) is -0.845. The highest BCUT2D eigenvalue weighted by atomic mass is 32.2. The first kappa shape index (κ1) is 30.2. The molecule has 0 saturated carbocycles. The highest BCUT2D eigenvalue weighted by molar-refractivity contribution is 8.02. The molecule has 218 valence electrons. The molecule has 1 aromatic rings. The number of rotatable bonds is 12. The van der Waals surface area contributed by atoms with Crippen LogP contribution >= 0.6 is 11.8 Å². The minimum Gasteiger partial charge on any atom is -0.497 e. The number of hydrogen-bond acceptors (Lipinski definition) is 6. The monoisotopic (exact) mass is 569 g/mol. The van der Waals surface area contributed by atoms with E-state index in [0.29, 0.717) is 30.8 Å². The quantitative estimate of drug-likeness (QED) is 0.386. The summed E-state index contributed by atoms with van der Waals surface area (Å²) in [5.41, 5.74) is 0.671. The number of methoxy groups -OCH3 is 1. The first-order valence-electron chi connectivity index (χ1n) is 14.0. The van der Waals surface area contributed by atoms with Crippen molar-refractivity contribution in [2.24, 2.45) is 17.8 Å². The van der Waals surface area contributed by atoms with Gasteiger partial charge in [-0.3, -0.25) is 14.4 Å². The normalized spacial score (nSPS) is 29.3. The summed E-state index contributed by atoms with van der Waals surface area (Å²) in [4.78, 5) is 48.1. The van der Waals surface area contributed by atoms with Gasteiger partial charge in [0.05, 0.1) is 36.3 Å². The number of ether oxygens (including phenoxy) is 1. The number of carbonyl (C=O) groups is 3. The first-order valence-corrected chi connectivity index (χ1v) is 14.9. The number of carbonyl (C=O) groups excluding carboxylic acids is 3. The van der Waals surface area contributed by atoms with E-state index in [1.807, 2.05) is 26.0 Å². The Hall–Kier alpha value is -2.78. The van der Waals surface area contributed by atoms with Crippen LogP contribution in [0.15, 0.2) is 49.6 Å². The third-order valence-electron chi connectivity index (χ3n) is 8.80. The van der Waals surface area contributed by atoms with E-state index >= 15 is 0 Å². The van der Waals surface area contributed by atoms with Crippen LogP contribution in [0.25, 0.3) is 0 Å². The number of aliphatic hydroxyl groups is 1. The molecule has 0 aromatic heterocycles. The van der Waals surface area contributed by atoms with Crippen LogP contribution in [-0.4, -0.2) is 88.1 Å². The minimum absolute atomic E-state index is 0.0922. The number of fused-ring (bicyclic) bond motifs is 1. The summed E-state index contributed by atoms with van der Waals surface area (Å²) in [6.45, 7) is 14.2. The van der Waals surface area contributed by atoms with Gasteiger partial charge in [-0.2, -0.15) is 0 Å². The fourth-order valence-electron chi connectivity index (χ4n) is 7.12. The SMILES string of the molecule is C=CCN(C)C(=O)[C@H]1[C@H]2C(=O)N([C@@H](CO)CC(C)C)C(C(=O)N(CC=C)c3ccc(OC)cc3)C23CC[C@]1(C)S3. The second-order valence-corrected chi connectivity index (χ2v) is 13.8. The van der Waals surface area contributed by atoms with Crippen molar-refractivity contribution in [3.05, 3.63) is 49.6 Å². The summed E-state index contributed by atoms with van der Waals surface area (Å²) in [6.07, 6.45) is 5.28. The molecule has 3 amide bonds. The van der Waals surface area contributed by atoms with Gasteiger partial charge >= 0.3 is 0 Å². The smallest absolute Gasteiger partial charge is 0.251 e. The van der Waals surface area contributed by atoms with Crippen LogP contribution in [0.4, 0.5) is 5.69 Å². The topological polar surface area (TPSA) is 90.4 Å². The fraction of sp³-hybridized carbons (Fsp3) is 0.581. The van der Waals surface area contributed by atoms with E-state index in [-0.39, 0.29) is 36.8 Å². The lowest BCUT2D eigenvalue weighted by Crippen LogP contribution is -2.58. The van der Waals surface area contributed by atoms with Gasteiger partial charge in [0.1, 0.15) is 11.8 Å². The van der Waals surface area contributed by atoms with Crippen molar-refractivity contribution in [2.45, 2.75) is 61.6 Å². The zero-order chi connectivity index (χ0) is 29.4. The molecule has 3 aliphatic heterocycles. The van der Waals surface area contributed by atoms with E-state index in [0.717, 1.165) is 6.42 Å². The zero-order valence-corrected chi connectivity index (χ0v) is 25.2. The lowest BCUT2D eigenvalue weighted by Gasteiger charge is -2.40. The molecule has 2 bridgehead atoms. The lowest BCUT2D eigenvalue weighted by atomic mass is 9.66. The van der Waals surface area contributed by atoms with Crippen molar-refractivity contribution in [3.8, 4) is 5.75 Å². The second kappa shape index (κ2) is 11.6. The fourth-order valence-corrected chi connectivity index (χ4v) is 9.45. The molecule has 1 aromatic carbocycles. The third-order valence-corrected chi connectivity index (χ3v) is 10.8. The number of benzene rings is 1. The van der Waals surface area contributed by atoms with Crippen molar-refractivity contribution < 1.29 is 24.2 Å². The number of nitrogens with zero attached hydrogens (tertiary/aromatic N) is 3. The maximum Gasteiger partial charge on any atom is 0.251 e. The van der Waals surface area contributed by atoms with Gasteiger partial charge in [0.25, 0.3) is 5.91 Å². The van der Waals surface area contributed by atoms with Gasteiger partial charge in [0.2, 0.25) is 11.8 Å². The standard InChI is InChI=1S/C31H43N3O5S/c1-8-16-32(6)27(36)24-25-28(37)34(22(19-35)18-20(3)4)26(31(25)15-14-30(24,5)40-31)29(38)33(17-9-2)21-10-12-23(39-7)13-11-21/h8-13,20,22,24-26,35H,1-2,14-19H2,3-7H3/t22-,24-,25+,26?,30+,31?/m1/s1. The van der Waals surface area contributed by atoms with E-state index in [9.17, 15) is 19.5 Å². The molecule has 2 unspecified atom stereocenters. The van der Waals surface area contributed by atoms with Crippen LogP contribution in [0.5, 0.6) is 5.75 Å². The molecular formula is C31H43N3O5S. The Balaban J connectivity index is 1.84. The molecular weight excluding hydrogens is 526 g/mol. The van der Waals surface area contributed by atoms with E-state index in [4.69, 9.17) is 4.74 Å². The lowest BCUT2D eigenvalue weighted by molar-refractivity contribution is -0.146. The number of likely N-dealkylation sites (tertiary alicyclic amines) is 1. The van der Waals surface area contributed by atoms with Crippen molar-refractivity contribution >= 4 is 35.2 Å². The highest BCUT2D eigenvalue weighted by Gasteiger charge is 2.78. The number of thioether (sulfide) groups is 1. The molecule has 8 nitrogen and oxygen atoms in total. The summed E-state index contributed by atoms with van der Waals surface area (Å²) in [6, 6.07) is 5.90. The molecule has 4 rings (SSSR count). The van der Waals surface area contributed by atoms with Gasteiger partial charge in [0.15, 0.2) is 0 Å². The summed E-state index contributed by atoms with van der Waals surface area (Å²) in [5, 5.41) is 10.5. The largest absolute Gasteiger partial charge is 0.497 e. The van der Waals surface area contributed by atoms with Gasteiger partial charge in [-0.1, -0.05) is 26.0 Å². The molecule has 1 N–H and O–H groups in total. The predicted molar refractivity (Wildman–Crippen MR) is 159 cm³/mol. The van der Waals surface area contributed by atoms with Crippen molar-refractivity contribution in [1.82, 2.24) is 9.80 Å². The van der Waals surface area contributed by atoms with Gasteiger partial charge in [-0.15, -0.1) is 24.9 Å². The predicted octanol–water partition coefficient (Wildman–Crippen LogP) is 3.75. The van der Waals surface area contributed by atoms with Crippen LogP contribution < -0.4 is 9.64 Å². The molecule has 3 heterocycles. The molecule has 0 aliphatic carbocycles. The maximum atomic E-state index is 14.7. The van der Waals surface area contributed by atoms with Crippen LogP contribution in [0.3, 0.4) is 0 Å². The Morgan fingerprint density at radius 1 is 1.18 bits per heavy atom. The number of anilines is 1. The van der Waals surface area contributed by atoms with Crippen LogP contribution in [0.1, 0.15) is 40.0 Å². The molecule has 1 spiro atoms. The zero-order valence-electron chi connectivity index (χ0n) is 24.3. The molecule has 3 saturated heterocycles. The Labute approximate surface area is 242 Å². The van der Waals surface area contributed by atoms with Crippen LogP contribution in [0, 0.1) is 17.8 Å². The molecule has 6 atom stereocenters. The van der Waals surface area contributed by atoms with E-state index < -0.39 is 33.4 Å².